The lowest BCUT2D eigenvalue weighted by Gasteiger charge is -2.32. The van der Waals surface area contributed by atoms with Crippen LogP contribution < -0.4 is 5.32 Å². The Bertz CT molecular complexity index is 857. The summed E-state index contributed by atoms with van der Waals surface area (Å²) in [5, 5.41) is 2.83. The number of esters is 1. The lowest BCUT2D eigenvalue weighted by molar-refractivity contribution is -0.171. The van der Waals surface area contributed by atoms with Gasteiger partial charge in [0, 0.05) is 19.7 Å². The Kier molecular flexibility index (Phi) is 7.41. The third-order valence-electron chi connectivity index (χ3n) is 5.08. The molecule has 0 saturated heterocycles. The fourth-order valence-electron chi connectivity index (χ4n) is 3.33. The van der Waals surface area contributed by atoms with Gasteiger partial charge in [-0.1, -0.05) is 60.7 Å². The molecule has 7 heteroatoms. The number of benzene rings is 2. The van der Waals surface area contributed by atoms with Crippen molar-refractivity contribution in [3.63, 3.8) is 0 Å². The summed E-state index contributed by atoms with van der Waals surface area (Å²) in [5.74, 6) is -1.37. The zero-order chi connectivity index (χ0) is 22.3. The van der Waals surface area contributed by atoms with Crippen LogP contribution in [0.2, 0.25) is 0 Å². The molecule has 31 heavy (non-hydrogen) atoms. The van der Waals surface area contributed by atoms with E-state index in [2.05, 4.69) is 5.32 Å². The van der Waals surface area contributed by atoms with Crippen molar-refractivity contribution in [1.29, 1.82) is 0 Å². The summed E-state index contributed by atoms with van der Waals surface area (Å²) < 4.78 is 11.4. The van der Waals surface area contributed by atoms with Crippen LogP contribution in [0.25, 0.3) is 0 Å². The van der Waals surface area contributed by atoms with Gasteiger partial charge < -0.3 is 19.7 Å². The van der Waals surface area contributed by atoms with Crippen molar-refractivity contribution in [2.45, 2.75) is 31.4 Å². The van der Waals surface area contributed by atoms with Crippen molar-refractivity contribution in [2.75, 3.05) is 26.8 Å². The molecule has 7 nitrogen and oxygen atoms in total. The first-order valence-electron chi connectivity index (χ1n) is 10.4. The van der Waals surface area contributed by atoms with Crippen molar-refractivity contribution in [3.05, 3.63) is 71.8 Å². The maximum absolute atomic E-state index is 13.4. The van der Waals surface area contributed by atoms with Gasteiger partial charge in [-0.2, -0.15) is 0 Å². The van der Waals surface area contributed by atoms with Crippen LogP contribution in [0.15, 0.2) is 60.7 Å². The predicted molar refractivity (Wildman–Crippen MR) is 115 cm³/mol. The second-order valence-corrected chi connectivity index (χ2v) is 7.51. The van der Waals surface area contributed by atoms with Crippen LogP contribution in [-0.4, -0.2) is 55.5 Å². The van der Waals surface area contributed by atoms with Crippen LogP contribution in [0.1, 0.15) is 30.9 Å². The van der Waals surface area contributed by atoms with Crippen LogP contribution in [0, 0.1) is 0 Å². The maximum atomic E-state index is 13.4. The van der Waals surface area contributed by atoms with E-state index in [1.165, 1.54) is 11.9 Å². The quantitative estimate of drug-likeness (QED) is 0.592. The van der Waals surface area contributed by atoms with Gasteiger partial charge in [-0.3, -0.25) is 9.59 Å². The lowest BCUT2D eigenvalue weighted by atomic mass is 9.86. The Labute approximate surface area is 182 Å². The molecule has 1 aliphatic carbocycles. The van der Waals surface area contributed by atoms with Gasteiger partial charge in [0.25, 0.3) is 5.91 Å². The van der Waals surface area contributed by atoms with E-state index < -0.39 is 24.1 Å². The van der Waals surface area contributed by atoms with Crippen LogP contribution in [0.5, 0.6) is 0 Å². The highest BCUT2D eigenvalue weighted by Gasteiger charge is 2.45. The summed E-state index contributed by atoms with van der Waals surface area (Å²) in [6, 6.07) is 18.3. The number of hydrogen-bond donors (Lipinski definition) is 1. The van der Waals surface area contributed by atoms with Crippen LogP contribution in [0.3, 0.4) is 0 Å². The molecule has 0 unspecified atom stereocenters. The normalized spacial score (nSPS) is 13.4. The number of amides is 2. The van der Waals surface area contributed by atoms with E-state index in [-0.39, 0.29) is 25.1 Å². The number of nitrogens with zero attached hydrogens (tertiary/aromatic N) is 1. The smallest absolute Gasteiger partial charge is 0.348 e. The van der Waals surface area contributed by atoms with Crippen molar-refractivity contribution in [1.82, 2.24) is 10.2 Å². The molecule has 1 aliphatic rings. The number of ether oxygens (including phenoxy) is 2. The molecule has 2 aromatic carbocycles. The minimum atomic E-state index is -1.50. The Morgan fingerprint density at radius 1 is 1.00 bits per heavy atom. The first-order chi connectivity index (χ1) is 15.0. The van der Waals surface area contributed by atoms with Crippen LogP contribution in [-0.2, 0) is 29.5 Å². The van der Waals surface area contributed by atoms with Crippen LogP contribution >= 0.6 is 0 Å². The molecule has 1 fully saturated rings. The fourth-order valence-corrected chi connectivity index (χ4v) is 3.33. The summed E-state index contributed by atoms with van der Waals surface area (Å²) in [4.78, 5) is 39.0. The molecule has 1 N–H and O–H groups in total. The van der Waals surface area contributed by atoms with Gasteiger partial charge >= 0.3 is 5.97 Å². The number of likely N-dealkylation sites (N-methyl/N-ethyl adjacent to an activating group) is 1. The highest BCUT2D eigenvalue weighted by Crippen LogP contribution is 2.35. The Hall–Kier alpha value is -3.19. The van der Waals surface area contributed by atoms with Gasteiger partial charge in [-0.25, -0.2) is 4.79 Å². The van der Waals surface area contributed by atoms with Crippen molar-refractivity contribution < 1.29 is 23.9 Å². The third-order valence-corrected chi connectivity index (χ3v) is 5.08. The van der Waals surface area contributed by atoms with Gasteiger partial charge in [0.05, 0.1) is 6.54 Å². The number of nitrogens with one attached hydrogen (secondary N) is 1. The highest BCUT2D eigenvalue weighted by atomic mass is 16.6. The molecular weight excluding hydrogens is 396 g/mol. The monoisotopic (exact) mass is 424 g/mol. The topological polar surface area (TPSA) is 84.9 Å². The van der Waals surface area contributed by atoms with Gasteiger partial charge in [-0.05, 0) is 30.9 Å². The van der Waals surface area contributed by atoms with Gasteiger partial charge in [0.15, 0.2) is 6.61 Å². The minimum Gasteiger partial charge on any atom is -0.453 e. The second-order valence-electron chi connectivity index (χ2n) is 7.51. The molecule has 164 valence electrons. The van der Waals surface area contributed by atoms with Gasteiger partial charge in [0.1, 0.15) is 0 Å². The summed E-state index contributed by atoms with van der Waals surface area (Å²) in [5.41, 5.74) is -0.283. The average Bonchev–Trinajstić information content (AvgIpc) is 3.60. The van der Waals surface area contributed by atoms with Crippen molar-refractivity contribution >= 4 is 17.8 Å². The molecule has 0 atom stereocenters. The van der Waals surface area contributed by atoms with Gasteiger partial charge in [-0.15, -0.1) is 0 Å². The number of rotatable bonds is 10. The highest BCUT2D eigenvalue weighted by molar-refractivity contribution is 5.89. The van der Waals surface area contributed by atoms with Crippen molar-refractivity contribution in [2.24, 2.45) is 0 Å². The molecule has 2 amide bonds. The molecule has 1 saturated carbocycles. The molecule has 2 aromatic rings. The summed E-state index contributed by atoms with van der Waals surface area (Å²) in [6.45, 7) is 1.49. The molecule has 0 spiro atoms. The Morgan fingerprint density at radius 2 is 1.55 bits per heavy atom. The first kappa shape index (κ1) is 22.5. The summed E-state index contributed by atoms with van der Waals surface area (Å²) in [6.07, 6.45) is 1.94. The average molecular weight is 424 g/mol. The Balaban J connectivity index is 1.75. The fraction of sp³-hybridized carbons (Fsp3) is 0.375. The van der Waals surface area contributed by atoms with Crippen molar-refractivity contribution in [3.8, 4) is 0 Å². The third kappa shape index (κ3) is 5.49. The second kappa shape index (κ2) is 10.2. The molecule has 0 heterocycles. The van der Waals surface area contributed by atoms with E-state index in [9.17, 15) is 14.4 Å². The van der Waals surface area contributed by atoms with E-state index in [0.717, 1.165) is 12.8 Å². The predicted octanol–water partition coefficient (Wildman–Crippen LogP) is 2.25. The summed E-state index contributed by atoms with van der Waals surface area (Å²) in [7, 11) is 1.51. The largest absolute Gasteiger partial charge is 0.453 e. The van der Waals surface area contributed by atoms with E-state index >= 15 is 0 Å². The maximum Gasteiger partial charge on any atom is 0.348 e. The molecular formula is C24H28N2O5. The molecule has 0 bridgehead atoms. The standard InChI is InChI=1S/C24H28N2O5/c1-3-31-24(18-10-6-4-7-11-18,19-12-8-5-9-13-19)23(29)30-17-22(28)26(2)16-21(27)25-20-14-15-20/h4-13,20H,3,14-17H2,1-2H3,(H,25,27). The zero-order valence-corrected chi connectivity index (χ0v) is 17.9. The van der Waals surface area contributed by atoms with E-state index in [1.807, 2.05) is 36.4 Å². The Morgan fingerprint density at radius 3 is 2.03 bits per heavy atom. The molecule has 0 aromatic heterocycles. The zero-order valence-electron chi connectivity index (χ0n) is 17.9. The number of hydrogen-bond acceptors (Lipinski definition) is 5. The molecule has 0 aliphatic heterocycles. The lowest BCUT2D eigenvalue weighted by Crippen LogP contribution is -2.44. The van der Waals surface area contributed by atoms with E-state index in [1.54, 1.807) is 31.2 Å². The van der Waals surface area contributed by atoms with E-state index in [4.69, 9.17) is 9.47 Å². The number of carbonyl (C=O) groups is 3. The van der Waals surface area contributed by atoms with Crippen LogP contribution in [0.4, 0.5) is 0 Å². The van der Waals surface area contributed by atoms with Gasteiger partial charge in [0.2, 0.25) is 11.5 Å². The molecule has 0 radical (unpaired) electrons. The van der Waals surface area contributed by atoms with E-state index in [0.29, 0.717) is 11.1 Å². The minimum absolute atomic E-state index is 0.0825. The molecule has 3 rings (SSSR count). The first-order valence-corrected chi connectivity index (χ1v) is 10.4. The number of carbonyl (C=O) groups excluding carboxylic acids is 3. The SMILES string of the molecule is CCOC(C(=O)OCC(=O)N(C)CC(=O)NC1CC1)(c1ccccc1)c1ccccc1. The summed E-state index contributed by atoms with van der Waals surface area (Å²) >= 11 is 0.